The summed E-state index contributed by atoms with van der Waals surface area (Å²) < 4.78 is 34.5. The van der Waals surface area contributed by atoms with E-state index in [0.717, 1.165) is 0 Å². The highest BCUT2D eigenvalue weighted by Crippen LogP contribution is 2.22. The third kappa shape index (κ3) is 7.06. The second-order valence-electron chi connectivity index (χ2n) is 2.22. The van der Waals surface area contributed by atoms with Crippen molar-refractivity contribution in [1.29, 1.82) is 0 Å². The van der Waals surface area contributed by atoms with Crippen LogP contribution in [0.25, 0.3) is 0 Å². The predicted molar refractivity (Wildman–Crippen MR) is 32.9 cm³/mol. The van der Waals surface area contributed by atoms with Crippen molar-refractivity contribution in [3.63, 3.8) is 0 Å². The standard InChI is InChI=1S/C6H8F3NO/c1-5(10-4-11)2-3-6(7,8)9/h5H,2-3H2,1H3. The molecule has 0 spiro atoms. The molecular formula is C6H8F3NO. The number of carbonyl (C=O) groups excluding carboxylic acids is 1. The van der Waals surface area contributed by atoms with Gasteiger partial charge in [-0.25, -0.2) is 9.79 Å². The molecule has 1 atom stereocenters. The number of alkyl halides is 3. The first-order valence-electron chi connectivity index (χ1n) is 3.09. The molecular weight excluding hydrogens is 159 g/mol. The molecule has 5 heteroatoms. The Labute approximate surface area is 62.1 Å². The van der Waals surface area contributed by atoms with Crippen molar-refractivity contribution < 1.29 is 18.0 Å². The van der Waals surface area contributed by atoms with Crippen molar-refractivity contribution in [2.45, 2.75) is 32.0 Å². The average molecular weight is 167 g/mol. The van der Waals surface area contributed by atoms with Gasteiger partial charge in [0.15, 0.2) is 0 Å². The number of aliphatic imine (C=N–C) groups is 1. The quantitative estimate of drug-likeness (QED) is 0.467. The predicted octanol–water partition coefficient (Wildman–Crippen LogP) is 2.05. The fraction of sp³-hybridized carbons (Fsp3) is 0.833. The summed E-state index contributed by atoms with van der Waals surface area (Å²) in [6.45, 7) is 1.44. The van der Waals surface area contributed by atoms with E-state index in [1.807, 2.05) is 0 Å². The number of rotatable bonds is 3. The lowest BCUT2D eigenvalue weighted by atomic mass is 10.2. The van der Waals surface area contributed by atoms with Crippen molar-refractivity contribution in [1.82, 2.24) is 0 Å². The van der Waals surface area contributed by atoms with E-state index in [2.05, 4.69) is 4.99 Å². The van der Waals surface area contributed by atoms with E-state index in [9.17, 15) is 18.0 Å². The van der Waals surface area contributed by atoms with E-state index in [0.29, 0.717) is 0 Å². The summed E-state index contributed by atoms with van der Waals surface area (Å²) in [7, 11) is 0. The molecule has 0 bridgehead atoms. The van der Waals surface area contributed by atoms with E-state index < -0.39 is 18.6 Å². The van der Waals surface area contributed by atoms with E-state index in [-0.39, 0.29) is 6.42 Å². The number of isocyanates is 1. The molecule has 0 aliphatic heterocycles. The summed E-state index contributed by atoms with van der Waals surface area (Å²) in [5.74, 6) is 0. The maximum Gasteiger partial charge on any atom is 0.389 e. The second-order valence-corrected chi connectivity index (χ2v) is 2.22. The monoisotopic (exact) mass is 167 g/mol. The molecule has 1 unspecified atom stereocenters. The van der Waals surface area contributed by atoms with Gasteiger partial charge >= 0.3 is 6.18 Å². The molecule has 0 saturated heterocycles. The van der Waals surface area contributed by atoms with Gasteiger partial charge in [-0.3, -0.25) is 0 Å². The maximum absolute atomic E-state index is 11.5. The topological polar surface area (TPSA) is 29.4 Å². The van der Waals surface area contributed by atoms with Gasteiger partial charge < -0.3 is 0 Å². The average Bonchev–Trinajstić information content (AvgIpc) is 1.83. The van der Waals surface area contributed by atoms with E-state index >= 15 is 0 Å². The van der Waals surface area contributed by atoms with Gasteiger partial charge in [-0.15, -0.1) is 0 Å². The van der Waals surface area contributed by atoms with Crippen LogP contribution in [0.3, 0.4) is 0 Å². The molecule has 0 fully saturated rings. The van der Waals surface area contributed by atoms with Crippen molar-refractivity contribution in [2.75, 3.05) is 0 Å². The van der Waals surface area contributed by atoms with Crippen molar-refractivity contribution in [3.8, 4) is 0 Å². The zero-order valence-corrected chi connectivity index (χ0v) is 5.98. The lowest BCUT2D eigenvalue weighted by Crippen LogP contribution is -2.10. The highest BCUT2D eigenvalue weighted by molar-refractivity contribution is 5.33. The minimum atomic E-state index is -4.16. The summed E-state index contributed by atoms with van der Waals surface area (Å²) in [6.07, 6.45) is -4.01. The molecule has 0 aromatic rings. The molecule has 0 saturated carbocycles. The maximum atomic E-state index is 11.5. The Morgan fingerprint density at radius 2 is 2.09 bits per heavy atom. The first-order chi connectivity index (χ1) is 4.95. The van der Waals surface area contributed by atoms with Crippen LogP contribution in [-0.4, -0.2) is 18.3 Å². The Morgan fingerprint density at radius 1 is 1.55 bits per heavy atom. The van der Waals surface area contributed by atoms with Crippen LogP contribution >= 0.6 is 0 Å². The molecule has 2 nitrogen and oxygen atoms in total. The Hall–Kier alpha value is -0.830. The Balaban J connectivity index is 3.62. The van der Waals surface area contributed by atoms with Crippen LogP contribution in [0, 0.1) is 0 Å². The first-order valence-corrected chi connectivity index (χ1v) is 3.09. The van der Waals surface area contributed by atoms with Gasteiger partial charge in [-0.1, -0.05) is 0 Å². The van der Waals surface area contributed by atoms with Crippen LogP contribution in [0.15, 0.2) is 4.99 Å². The lowest BCUT2D eigenvalue weighted by molar-refractivity contribution is -0.136. The van der Waals surface area contributed by atoms with E-state index in [1.165, 1.54) is 13.0 Å². The molecule has 0 radical (unpaired) electrons. The van der Waals surface area contributed by atoms with Crippen molar-refractivity contribution in [3.05, 3.63) is 0 Å². The molecule has 0 N–H and O–H groups in total. The molecule has 0 aromatic heterocycles. The summed E-state index contributed by atoms with van der Waals surface area (Å²) in [5, 5.41) is 0. The summed E-state index contributed by atoms with van der Waals surface area (Å²) in [5.41, 5.74) is 0. The fourth-order valence-corrected chi connectivity index (χ4v) is 0.527. The van der Waals surface area contributed by atoms with Crippen LogP contribution in [0.1, 0.15) is 19.8 Å². The fourth-order valence-electron chi connectivity index (χ4n) is 0.527. The minimum absolute atomic E-state index is 0.154. The molecule has 0 aromatic carbocycles. The van der Waals surface area contributed by atoms with Gasteiger partial charge in [-0.2, -0.15) is 13.2 Å². The third-order valence-corrected chi connectivity index (χ3v) is 1.12. The van der Waals surface area contributed by atoms with Crippen LogP contribution in [0.5, 0.6) is 0 Å². The normalized spacial score (nSPS) is 13.8. The van der Waals surface area contributed by atoms with Crippen LogP contribution in [0.4, 0.5) is 13.2 Å². The van der Waals surface area contributed by atoms with Crippen molar-refractivity contribution in [2.24, 2.45) is 4.99 Å². The molecule has 11 heavy (non-hydrogen) atoms. The van der Waals surface area contributed by atoms with Crippen LogP contribution in [-0.2, 0) is 4.79 Å². The number of nitrogens with zero attached hydrogens (tertiary/aromatic N) is 1. The zero-order chi connectivity index (χ0) is 8.91. The Morgan fingerprint density at radius 3 is 2.45 bits per heavy atom. The minimum Gasteiger partial charge on any atom is -0.211 e. The van der Waals surface area contributed by atoms with E-state index in [4.69, 9.17) is 0 Å². The summed E-state index contributed by atoms with van der Waals surface area (Å²) in [6, 6.07) is -0.589. The zero-order valence-electron chi connectivity index (χ0n) is 5.98. The Bertz CT molecular complexity index is 160. The number of hydrogen-bond acceptors (Lipinski definition) is 2. The highest BCUT2D eigenvalue weighted by atomic mass is 19.4. The van der Waals surface area contributed by atoms with Gasteiger partial charge in [0.1, 0.15) is 0 Å². The molecule has 0 aliphatic rings. The smallest absolute Gasteiger partial charge is 0.211 e. The van der Waals surface area contributed by atoms with Crippen LogP contribution in [0.2, 0.25) is 0 Å². The highest BCUT2D eigenvalue weighted by Gasteiger charge is 2.27. The lowest BCUT2D eigenvalue weighted by Gasteiger charge is -2.06. The molecule has 0 aliphatic carbocycles. The molecule has 0 rings (SSSR count). The largest absolute Gasteiger partial charge is 0.389 e. The van der Waals surface area contributed by atoms with Gasteiger partial charge in [0.05, 0.1) is 6.04 Å². The number of halogens is 3. The van der Waals surface area contributed by atoms with Crippen molar-refractivity contribution >= 4 is 6.08 Å². The van der Waals surface area contributed by atoms with Crippen LogP contribution < -0.4 is 0 Å². The molecule has 64 valence electrons. The van der Waals surface area contributed by atoms with Gasteiger partial charge in [0.2, 0.25) is 6.08 Å². The number of hydrogen-bond donors (Lipinski definition) is 0. The molecule has 0 heterocycles. The van der Waals surface area contributed by atoms with E-state index in [1.54, 1.807) is 0 Å². The van der Waals surface area contributed by atoms with Gasteiger partial charge in [-0.05, 0) is 13.3 Å². The summed E-state index contributed by atoms with van der Waals surface area (Å²) >= 11 is 0. The first kappa shape index (κ1) is 10.2. The third-order valence-electron chi connectivity index (χ3n) is 1.12. The Kier molecular flexibility index (Phi) is 3.82. The molecule has 0 amide bonds. The SMILES string of the molecule is CC(CCC(F)(F)F)N=C=O. The summed E-state index contributed by atoms with van der Waals surface area (Å²) in [4.78, 5) is 12.7. The second kappa shape index (κ2) is 4.13. The van der Waals surface area contributed by atoms with Gasteiger partial charge in [0.25, 0.3) is 0 Å². The van der Waals surface area contributed by atoms with Gasteiger partial charge in [0, 0.05) is 6.42 Å².